The molecule has 3 nitrogen and oxygen atoms in total. The Bertz CT molecular complexity index is 388. The van der Waals surface area contributed by atoms with Crippen LogP contribution in [0, 0.1) is 0 Å². The van der Waals surface area contributed by atoms with Gasteiger partial charge in [-0.05, 0) is 32.0 Å². The maximum atomic E-state index is 11.9. The predicted octanol–water partition coefficient (Wildman–Crippen LogP) is 2.68. The summed E-state index contributed by atoms with van der Waals surface area (Å²) in [4.78, 5) is 12.0. The first-order valence-electron chi connectivity index (χ1n) is 5.08. The van der Waals surface area contributed by atoms with E-state index in [1.807, 2.05) is 20.8 Å². The summed E-state index contributed by atoms with van der Waals surface area (Å²) in [5, 5.41) is 12.2. The highest BCUT2D eigenvalue weighted by Gasteiger charge is 2.26. The number of alkyl halides is 1. The van der Waals surface area contributed by atoms with E-state index < -0.39 is 0 Å². The molecule has 0 aromatic heterocycles. The Kier molecular flexibility index (Phi) is 3.97. The van der Waals surface area contributed by atoms with Gasteiger partial charge in [0.25, 0.3) is 5.91 Å². The molecule has 1 amide bonds. The number of phenols is 1. The quantitative estimate of drug-likeness (QED) is 0.839. The number of benzene rings is 1. The van der Waals surface area contributed by atoms with Gasteiger partial charge >= 0.3 is 0 Å². The van der Waals surface area contributed by atoms with Gasteiger partial charge < -0.3 is 10.4 Å². The summed E-state index contributed by atoms with van der Waals surface area (Å²) in [6.45, 7) is 5.85. The number of nitrogens with one attached hydrogen (secondary N) is 1. The molecule has 4 heteroatoms. The molecule has 1 unspecified atom stereocenters. The number of aromatic hydroxyl groups is 1. The van der Waals surface area contributed by atoms with Gasteiger partial charge in [-0.2, -0.15) is 0 Å². The molecule has 0 aliphatic rings. The van der Waals surface area contributed by atoms with Gasteiger partial charge in [-0.3, -0.25) is 4.79 Å². The van der Waals surface area contributed by atoms with E-state index in [2.05, 4.69) is 21.2 Å². The standard InChI is InChI=1S/C12H16BrNO2/c1-8(13)12(2,3)14-11(16)9-5-4-6-10(15)7-9/h4-8,15H,1-3H3,(H,14,16). The Labute approximate surface area is 104 Å². The Morgan fingerprint density at radius 3 is 2.62 bits per heavy atom. The van der Waals surface area contributed by atoms with Crippen molar-refractivity contribution in [2.24, 2.45) is 0 Å². The molecule has 0 heterocycles. The summed E-state index contributed by atoms with van der Waals surface area (Å²) >= 11 is 3.45. The second kappa shape index (κ2) is 4.87. The number of hydrogen-bond donors (Lipinski definition) is 2. The fourth-order valence-corrected chi connectivity index (χ4v) is 1.23. The molecule has 2 N–H and O–H groups in total. The van der Waals surface area contributed by atoms with Gasteiger partial charge in [0.15, 0.2) is 0 Å². The van der Waals surface area contributed by atoms with Crippen LogP contribution in [0.4, 0.5) is 0 Å². The summed E-state index contributed by atoms with van der Waals surface area (Å²) in [7, 11) is 0. The first-order chi connectivity index (χ1) is 7.33. The summed E-state index contributed by atoms with van der Waals surface area (Å²) in [6, 6.07) is 6.30. The number of halogens is 1. The van der Waals surface area contributed by atoms with Crippen LogP contribution in [0.15, 0.2) is 24.3 Å². The summed E-state index contributed by atoms with van der Waals surface area (Å²) in [5.74, 6) is -0.0930. The van der Waals surface area contributed by atoms with Crippen LogP contribution in [0.2, 0.25) is 0 Å². The Morgan fingerprint density at radius 1 is 1.50 bits per heavy atom. The maximum Gasteiger partial charge on any atom is 0.251 e. The number of phenolic OH excluding ortho intramolecular Hbond substituents is 1. The van der Waals surface area contributed by atoms with Crippen molar-refractivity contribution < 1.29 is 9.90 Å². The molecule has 0 bridgehead atoms. The number of carbonyl (C=O) groups excluding carboxylic acids is 1. The zero-order chi connectivity index (χ0) is 12.3. The molecule has 0 saturated heterocycles. The molecule has 0 saturated carbocycles. The van der Waals surface area contributed by atoms with Crippen molar-refractivity contribution in [3.8, 4) is 5.75 Å². The van der Waals surface area contributed by atoms with Crippen molar-refractivity contribution in [2.45, 2.75) is 31.1 Å². The summed E-state index contributed by atoms with van der Waals surface area (Å²) < 4.78 is 0. The first-order valence-corrected chi connectivity index (χ1v) is 6.00. The lowest BCUT2D eigenvalue weighted by Gasteiger charge is -2.29. The zero-order valence-corrected chi connectivity index (χ0v) is 11.2. The molecule has 0 aliphatic heterocycles. The lowest BCUT2D eigenvalue weighted by molar-refractivity contribution is 0.0913. The SMILES string of the molecule is CC(Br)C(C)(C)NC(=O)c1cccc(O)c1. The van der Waals surface area contributed by atoms with Crippen LogP contribution in [-0.2, 0) is 0 Å². The average Bonchev–Trinajstić information content (AvgIpc) is 2.16. The van der Waals surface area contributed by atoms with Crippen LogP contribution in [0.25, 0.3) is 0 Å². The summed E-state index contributed by atoms with van der Waals surface area (Å²) in [5.41, 5.74) is 0.115. The molecule has 1 rings (SSSR count). The van der Waals surface area contributed by atoms with E-state index in [1.54, 1.807) is 12.1 Å². The van der Waals surface area contributed by atoms with Crippen molar-refractivity contribution in [3.63, 3.8) is 0 Å². The van der Waals surface area contributed by atoms with Crippen molar-refractivity contribution in [1.29, 1.82) is 0 Å². The highest BCUT2D eigenvalue weighted by molar-refractivity contribution is 9.09. The topological polar surface area (TPSA) is 49.3 Å². The lowest BCUT2D eigenvalue weighted by atomic mass is 10.0. The maximum absolute atomic E-state index is 11.9. The molecule has 0 radical (unpaired) electrons. The van der Waals surface area contributed by atoms with Gasteiger partial charge in [0.1, 0.15) is 5.75 Å². The minimum absolute atomic E-state index is 0.0948. The van der Waals surface area contributed by atoms with Gasteiger partial charge in [0.2, 0.25) is 0 Å². The Balaban J connectivity index is 2.81. The Hall–Kier alpha value is -1.03. The molecule has 0 aliphatic carbocycles. The average molecular weight is 286 g/mol. The van der Waals surface area contributed by atoms with Crippen LogP contribution in [0.5, 0.6) is 5.75 Å². The molecule has 1 aromatic rings. The van der Waals surface area contributed by atoms with Crippen molar-refractivity contribution in [3.05, 3.63) is 29.8 Å². The fourth-order valence-electron chi connectivity index (χ4n) is 1.11. The molecule has 0 spiro atoms. The molecule has 1 atom stereocenters. The van der Waals surface area contributed by atoms with E-state index in [0.717, 1.165) is 0 Å². The minimum Gasteiger partial charge on any atom is -0.508 e. The molecular weight excluding hydrogens is 270 g/mol. The second-order valence-corrected chi connectivity index (χ2v) is 5.72. The van der Waals surface area contributed by atoms with Gasteiger partial charge in [-0.1, -0.05) is 28.9 Å². The van der Waals surface area contributed by atoms with Crippen LogP contribution in [0.3, 0.4) is 0 Å². The third-order valence-electron chi connectivity index (χ3n) is 2.54. The van der Waals surface area contributed by atoms with E-state index >= 15 is 0 Å². The van der Waals surface area contributed by atoms with Crippen LogP contribution in [-0.4, -0.2) is 21.4 Å². The number of rotatable bonds is 3. The van der Waals surface area contributed by atoms with Crippen LogP contribution >= 0.6 is 15.9 Å². The molecule has 16 heavy (non-hydrogen) atoms. The van der Waals surface area contributed by atoms with Gasteiger partial charge in [0.05, 0.1) is 0 Å². The van der Waals surface area contributed by atoms with E-state index in [4.69, 9.17) is 0 Å². The molecule has 1 aromatic carbocycles. The normalized spacial score (nSPS) is 13.2. The van der Waals surface area contributed by atoms with E-state index in [0.29, 0.717) is 5.56 Å². The third-order valence-corrected chi connectivity index (χ3v) is 3.68. The number of hydrogen-bond acceptors (Lipinski definition) is 2. The summed E-state index contributed by atoms with van der Waals surface area (Å²) in [6.07, 6.45) is 0. The second-order valence-electron chi connectivity index (χ2n) is 4.34. The fraction of sp³-hybridized carbons (Fsp3) is 0.417. The van der Waals surface area contributed by atoms with Crippen LogP contribution in [0.1, 0.15) is 31.1 Å². The molecular formula is C12H16BrNO2. The first kappa shape index (κ1) is 13.0. The Morgan fingerprint density at radius 2 is 2.12 bits per heavy atom. The monoisotopic (exact) mass is 285 g/mol. The largest absolute Gasteiger partial charge is 0.508 e. The van der Waals surface area contributed by atoms with Crippen molar-refractivity contribution >= 4 is 21.8 Å². The molecule has 88 valence electrons. The van der Waals surface area contributed by atoms with E-state index in [1.165, 1.54) is 12.1 Å². The van der Waals surface area contributed by atoms with Gasteiger partial charge in [0, 0.05) is 15.9 Å². The predicted molar refractivity (Wildman–Crippen MR) is 68.0 cm³/mol. The van der Waals surface area contributed by atoms with Crippen molar-refractivity contribution in [2.75, 3.05) is 0 Å². The highest BCUT2D eigenvalue weighted by Crippen LogP contribution is 2.18. The zero-order valence-electron chi connectivity index (χ0n) is 9.62. The number of carbonyl (C=O) groups is 1. The third kappa shape index (κ3) is 3.23. The van der Waals surface area contributed by atoms with E-state index in [9.17, 15) is 9.90 Å². The van der Waals surface area contributed by atoms with Gasteiger partial charge in [-0.25, -0.2) is 0 Å². The molecule has 0 fully saturated rings. The number of amides is 1. The lowest BCUT2D eigenvalue weighted by Crippen LogP contribution is -2.48. The van der Waals surface area contributed by atoms with E-state index in [-0.39, 0.29) is 22.0 Å². The van der Waals surface area contributed by atoms with Crippen molar-refractivity contribution in [1.82, 2.24) is 5.32 Å². The highest BCUT2D eigenvalue weighted by atomic mass is 79.9. The van der Waals surface area contributed by atoms with Gasteiger partial charge in [-0.15, -0.1) is 0 Å². The van der Waals surface area contributed by atoms with Crippen LogP contribution < -0.4 is 5.32 Å². The minimum atomic E-state index is -0.345. The smallest absolute Gasteiger partial charge is 0.251 e.